The highest BCUT2D eigenvalue weighted by Crippen LogP contribution is 2.09. The normalized spacial score (nSPS) is 18.2. The molecule has 0 aromatic carbocycles. The molecule has 0 bridgehead atoms. The molecule has 0 saturated heterocycles. The van der Waals surface area contributed by atoms with E-state index in [0.717, 1.165) is 0 Å². The van der Waals surface area contributed by atoms with Crippen molar-refractivity contribution in [1.29, 1.82) is 0 Å². The summed E-state index contributed by atoms with van der Waals surface area (Å²) in [5, 5.41) is 8.04. The summed E-state index contributed by atoms with van der Waals surface area (Å²) in [4.78, 5) is 0. The molecular weight excluding hydrogens is 159 g/mol. The number of hydrogen-bond acceptors (Lipinski definition) is 1. The van der Waals surface area contributed by atoms with Gasteiger partial charge in [0.05, 0.1) is 17.4 Å². The van der Waals surface area contributed by atoms with Gasteiger partial charge in [0.15, 0.2) is 0 Å². The first-order valence-corrected chi connectivity index (χ1v) is 3.61. The maximum Gasteiger partial charge on any atom is 0.0677 e. The molecule has 54 valence electrons. The molecule has 0 spiro atoms. The topological polar surface area (TPSA) is 20.2 Å². The molecule has 9 heavy (non-hydrogen) atoms. The van der Waals surface area contributed by atoms with E-state index in [-0.39, 0.29) is 17.4 Å². The summed E-state index contributed by atoms with van der Waals surface area (Å²) in [5.41, 5.74) is 0. The van der Waals surface area contributed by atoms with E-state index in [4.69, 9.17) is 28.3 Å². The van der Waals surface area contributed by atoms with Crippen LogP contribution in [-0.4, -0.2) is 22.5 Å². The van der Waals surface area contributed by atoms with Crippen molar-refractivity contribution in [2.24, 2.45) is 0 Å². The Morgan fingerprint density at radius 2 is 2.11 bits per heavy atom. The highest BCUT2D eigenvalue weighted by atomic mass is 35.5. The molecule has 0 unspecified atom stereocenters. The van der Waals surface area contributed by atoms with E-state index in [1.807, 2.05) is 0 Å². The highest BCUT2D eigenvalue weighted by molar-refractivity contribution is 6.30. The first-order valence-electron chi connectivity index (χ1n) is 2.74. The van der Waals surface area contributed by atoms with Crippen LogP contribution in [0.25, 0.3) is 0 Å². The van der Waals surface area contributed by atoms with E-state index in [2.05, 4.69) is 0 Å². The molecule has 0 aromatic heterocycles. The fourth-order valence-electron chi connectivity index (χ4n) is 0.344. The fraction of sp³-hybridized carbons (Fsp3) is 0.667. The second-order valence-corrected chi connectivity index (χ2v) is 2.93. The van der Waals surface area contributed by atoms with Gasteiger partial charge in [0.1, 0.15) is 0 Å². The quantitative estimate of drug-likeness (QED) is 0.504. The Balaban J connectivity index is 3.48. The summed E-state index contributed by atoms with van der Waals surface area (Å²) in [6.07, 6.45) is 3.26. The number of halogens is 2. The second-order valence-electron chi connectivity index (χ2n) is 1.73. The van der Waals surface area contributed by atoms with Crippen molar-refractivity contribution in [3.05, 3.63) is 12.2 Å². The Hall–Kier alpha value is 0.280. The molecule has 2 atom stereocenters. The Labute approximate surface area is 65.3 Å². The van der Waals surface area contributed by atoms with E-state index in [9.17, 15) is 0 Å². The maximum absolute atomic E-state index is 8.31. The molecule has 0 fully saturated rings. The molecule has 0 aliphatic rings. The van der Waals surface area contributed by atoms with Gasteiger partial charge < -0.3 is 5.11 Å². The Bertz CT molecular complexity index is 91.1. The molecule has 0 amide bonds. The number of alkyl halides is 2. The van der Waals surface area contributed by atoms with Gasteiger partial charge in [0, 0.05) is 0 Å². The van der Waals surface area contributed by atoms with Crippen LogP contribution in [-0.2, 0) is 0 Å². The molecule has 0 radical (unpaired) electrons. The van der Waals surface area contributed by atoms with Gasteiger partial charge in [0.2, 0.25) is 0 Å². The van der Waals surface area contributed by atoms with Crippen molar-refractivity contribution in [3.63, 3.8) is 0 Å². The van der Waals surface area contributed by atoms with Gasteiger partial charge in [-0.05, 0) is 6.92 Å². The second kappa shape index (κ2) is 5.10. The molecular formula is C6H10Cl2O. The first-order chi connectivity index (χ1) is 4.18. The van der Waals surface area contributed by atoms with Gasteiger partial charge in [-0.1, -0.05) is 12.2 Å². The average Bonchev–Trinajstić information content (AvgIpc) is 1.82. The van der Waals surface area contributed by atoms with Crippen molar-refractivity contribution < 1.29 is 5.11 Å². The molecule has 1 nitrogen and oxygen atoms in total. The molecule has 0 rings (SSSR count). The lowest BCUT2D eigenvalue weighted by atomic mass is 10.3. The zero-order valence-corrected chi connectivity index (χ0v) is 6.73. The summed E-state index contributed by atoms with van der Waals surface area (Å²) in [6, 6.07) is 0. The molecule has 0 aliphatic carbocycles. The zero-order chi connectivity index (χ0) is 7.28. The SMILES string of the molecule is C[C@@H](Cl)[C@@H](Cl)/C=C/CO. The van der Waals surface area contributed by atoms with E-state index in [1.54, 1.807) is 19.1 Å². The van der Waals surface area contributed by atoms with Crippen LogP contribution in [0.1, 0.15) is 6.92 Å². The summed E-state index contributed by atoms with van der Waals surface area (Å²) in [7, 11) is 0. The number of hydrogen-bond donors (Lipinski definition) is 1. The Morgan fingerprint density at radius 1 is 1.56 bits per heavy atom. The van der Waals surface area contributed by atoms with Crippen LogP contribution in [0.2, 0.25) is 0 Å². The van der Waals surface area contributed by atoms with E-state index in [0.29, 0.717) is 0 Å². The Kier molecular flexibility index (Phi) is 5.25. The maximum atomic E-state index is 8.31. The van der Waals surface area contributed by atoms with Gasteiger partial charge in [0.25, 0.3) is 0 Å². The number of aliphatic hydroxyl groups excluding tert-OH is 1. The van der Waals surface area contributed by atoms with E-state index in [1.165, 1.54) is 0 Å². The zero-order valence-electron chi connectivity index (χ0n) is 5.22. The van der Waals surface area contributed by atoms with Crippen LogP contribution in [0.15, 0.2) is 12.2 Å². The minimum Gasteiger partial charge on any atom is -0.392 e. The summed E-state index contributed by atoms with van der Waals surface area (Å²) >= 11 is 11.3. The number of aliphatic hydroxyl groups is 1. The number of rotatable bonds is 3. The van der Waals surface area contributed by atoms with Crippen LogP contribution in [0, 0.1) is 0 Å². The largest absolute Gasteiger partial charge is 0.392 e. The smallest absolute Gasteiger partial charge is 0.0677 e. The lowest BCUT2D eigenvalue weighted by Gasteiger charge is -2.03. The van der Waals surface area contributed by atoms with Crippen LogP contribution >= 0.6 is 23.2 Å². The van der Waals surface area contributed by atoms with Crippen LogP contribution in [0.5, 0.6) is 0 Å². The van der Waals surface area contributed by atoms with Gasteiger partial charge in [-0.2, -0.15) is 0 Å². The van der Waals surface area contributed by atoms with Crippen LogP contribution in [0.3, 0.4) is 0 Å². The summed E-state index contributed by atoms with van der Waals surface area (Å²) in [6.45, 7) is 1.83. The van der Waals surface area contributed by atoms with Crippen LogP contribution in [0.4, 0.5) is 0 Å². The average molecular weight is 169 g/mol. The molecule has 0 aromatic rings. The van der Waals surface area contributed by atoms with Gasteiger partial charge in [-0.15, -0.1) is 23.2 Å². The van der Waals surface area contributed by atoms with Gasteiger partial charge in [-0.25, -0.2) is 0 Å². The third-order valence-electron chi connectivity index (χ3n) is 0.864. The molecule has 1 N–H and O–H groups in total. The molecule has 0 heterocycles. The molecule has 0 aliphatic heterocycles. The summed E-state index contributed by atoms with van der Waals surface area (Å²) < 4.78 is 0. The predicted octanol–water partition coefficient (Wildman–Crippen LogP) is 1.77. The standard InChI is InChI=1S/C6H10Cl2O/c1-5(7)6(8)3-2-4-9/h2-3,5-6,9H,4H2,1H3/b3-2+/t5-,6+/m1/s1. The van der Waals surface area contributed by atoms with Crippen molar-refractivity contribution in [3.8, 4) is 0 Å². The summed E-state index contributed by atoms with van der Waals surface area (Å²) in [5.74, 6) is 0. The Morgan fingerprint density at radius 3 is 2.44 bits per heavy atom. The van der Waals surface area contributed by atoms with Crippen molar-refractivity contribution in [1.82, 2.24) is 0 Å². The van der Waals surface area contributed by atoms with Crippen molar-refractivity contribution >= 4 is 23.2 Å². The fourth-order valence-corrected chi connectivity index (χ4v) is 0.531. The number of allylic oxidation sites excluding steroid dienone is 1. The van der Waals surface area contributed by atoms with E-state index < -0.39 is 0 Å². The third-order valence-corrected chi connectivity index (χ3v) is 1.79. The highest BCUT2D eigenvalue weighted by Gasteiger charge is 2.05. The van der Waals surface area contributed by atoms with E-state index >= 15 is 0 Å². The minimum atomic E-state index is -0.182. The van der Waals surface area contributed by atoms with Crippen molar-refractivity contribution in [2.45, 2.75) is 17.7 Å². The lowest BCUT2D eigenvalue weighted by Crippen LogP contribution is -2.06. The third kappa shape index (κ3) is 4.76. The lowest BCUT2D eigenvalue weighted by molar-refractivity contribution is 0.342. The van der Waals surface area contributed by atoms with Gasteiger partial charge >= 0.3 is 0 Å². The monoisotopic (exact) mass is 168 g/mol. The van der Waals surface area contributed by atoms with Crippen molar-refractivity contribution in [2.75, 3.05) is 6.61 Å². The molecule has 0 saturated carbocycles. The molecule has 3 heteroatoms. The first kappa shape index (κ1) is 9.28. The minimum absolute atomic E-state index is 0.0207. The van der Waals surface area contributed by atoms with Gasteiger partial charge in [-0.3, -0.25) is 0 Å². The van der Waals surface area contributed by atoms with Crippen LogP contribution < -0.4 is 0 Å². The predicted molar refractivity (Wildman–Crippen MR) is 41.2 cm³/mol.